The molecule has 0 spiro atoms. The molecule has 0 saturated carbocycles. The molecular formula is C16H15ClF2N6O2. The van der Waals surface area contributed by atoms with Crippen LogP contribution in [0.1, 0.15) is 32.8 Å². The Morgan fingerprint density at radius 1 is 1.33 bits per heavy atom. The van der Waals surface area contributed by atoms with Crippen LogP contribution < -0.4 is 11.1 Å². The van der Waals surface area contributed by atoms with Crippen molar-refractivity contribution >= 4 is 29.1 Å². The lowest BCUT2D eigenvalue weighted by molar-refractivity contribution is 0.0995. The van der Waals surface area contributed by atoms with E-state index < -0.39 is 23.9 Å². The van der Waals surface area contributed by atoms with E-state index in [0.29, 0.717) is 16.3 Å². The molecule has 1 aromatic carbocycles. The van der Waals surface area contributed by atoms with E-state index in [1.165, 1.54) is 30.3 Å². The third-order valence-electron chi connectivity index (χ3n) is 3.21. The van der Waals surface area contributed by atoms with Crippen molar-refractivity contribution in [2.75, 3.05) is 5.32 Å². The van der Waals surface area contributed by atoms with E-state index in [-0.39, 0.29) is 5.56 Å². The van der Waals surface area contributed by atoms with E-state index >= 15 is 0 Å². The third kappa shape index (κ3) is 5.35. The van der Waals surface area contributed by atoms with E-state index in [9.17, 15) is 18.4 Å². The number of hydrogen-bond donors (Lipinski definition) is 3. The fraction of sp³-hybridized carbons (Fsp3) is 0.125. The predicted octanol–water partition coefficient (Wildman–Crippen LogP) is 2.77. The van der Waals surface area contributed by atoms with Crippen LogP contribution in [0.3, 0.4) is 0 Å². The molecule has 0 unspecified atom stereocenters. The number of rotatable bonds is 4. The minimum absolute atomic E-state index is 0.169. The van der Waals surface area contributed by atoms with Crippen LogP contribution in [0.5, 0.6) is 0 Å². The molecule has 2 aromatic heterocycles. The van der Waals surface area contributed by atoms with Gasteiger partial charge in [-0.05, 0) is 12.1 Å². The van der Waals surface area contributed by atoms with E-state index in [2.05, 4.69) is 20.6 Å². The smallest absolute Gasteiger partial charge is 0.282 e. The number of halogens is 3. The van der Waals surface area contributed by atoms with Crippen molar-refractivity contribution in [1.82, 2.24) is 20.0 Å². The van der Waals surface area contributed by atoms with E-state index in [4.69, 9.17) is 17.3 Å². The summed E-state index contributed by atoms with van der Waals surface area (Å²) in [6, 6.07) is 6.55. The number of carbonyl (C=O) groups excluding carboxylic acids is 2. The fourth-order valence-corrected chi connectivity index (χ4v) is 2.16. The molecule has 0 atom stereocenters. The van der Waals surface area contributed by atoms with Gasteiger partial charge in [0.15, 0.2) is 0 Å². The fourth-order valence-electron chi connectivity index (χ4n) is 1.98. The summed E-state index contributed by atoms with van der Waals surface area (Å²) in [7, 11) is 1.47. The molecule has 0 aliphatic carbocycles. The summed E-state index contributed by atoms with van der Waals surface area (Å²) in [5.41, 5.74) is 4.91. The van der Waals surface area contributed by atoms with Gasteiger partial charge in [0.2, 0.25) is 0 Å². The maximum atomic E-state index is 12.7. The van der Waals surface area contributed by atoms with Crippen LogP contribution in [0.2, 0.25) is 5.02 Å². The van der Waals surface area contributed by atoms with Crippen LogP contribution in [-0.2, 0) is 7.05 Å². The number of alkyl halides is 2. The molecule has 0 radical (unpaired) electrons. The van der Waals surface area contributed by atoms with Crippen molar-refractivity contribution in [1.29, 1.82) is 0 Å². The Hall–Kier alpha value is -3.27. The molecule has 8 nitrogen and oxygen atoms in total. The maximum absolute atomic E-state index is 12.7. The second-order valence-corrected chi connectivity index (χ2v) is 5.59. The molecule has 4 N–H and O–H groups in total. The molecule has 3 aromatic rings. The molecule has 3 rings (SSSR count). The Bertz CT molecular complexity index is 927. The van der Waals surface area contributed by atoms with Crippen LogP contribution in [0.15, 0.2) is 42.9 Å². The third-order valence-corrected chi connectivity index (χ3v) is 3.54. The Kier molecular flexibility index (Phi) is 6.61. The molecule has 0 fully saturated rings. The number of aryl methyl sites for hydroxylation is 1. The zero-order chi connectivity index (χ0) is 20.0. The quantitative estimate of drug-likeness (QED) is 0.628. The monoisotopic (exact) mass is 396 g/mol. The average molecular weight is 397 g/mol. The summed E-state index contributed by atoms with van der Waals surface area (Å²) in [5.74, 6) is -1.13. The lowest BCUT2D eigenvalue weighted by Crippen LogP contribution is -2.13. The zero-order valence-electron chi connectivity index (χ0n) is 14.0. The zero-order valence-corrected chi connectivity index (χ0v) is 14.7. The average Bonchev–Trinajstić information content (AvgIpc) is 3.27. The highest BCUT2D eigenvalue weighted by Crippen LogP contribution is 2.24. The molecule has 11 heteroatoms. The molecule has 0 saturated heterocycles. The van der Waals surface area contributed by atoms with Gasteiger partial charge in [0.1, 0.15) is 5.69 Å². The van der Waals surface area contributed by atoms with Gasteiger partial charge in [-0.1, -0.05) is 23.7 Å². The second kappa shape index (κ2) is 8.90. The SMILES string of the molecule is Cn1cc(C(=O)Nc2ccccc2Cl)c(C(F)F)n1.NC(=O)c1cn[nH]c1. The minimum atomic E-state index is -2.81. The van der Waals surface area contributed by atoms with Gasteiger partial charge in [-0.15, -0.1) is 0 Å². The van der Waals surface area contributed by atoms with Crippen molar-refractivity contribution in [2.45, 2.75) is 6.43 Å². The summed E-state index contributed by atoms with van der Waals surface area (Å²) in [5, 5.41) is 12.4. The van der Waals surface area contributed by atoms with Gasteiger partial charge in [-0.25, -0.2) is 8.78 Å². The first-order valence-electron chi connectivity index (χ1n) is 7.45. The topological polar surface area (TPSA) is 119 Å². The number of primary amides is 1. The molecule has 0 bridgehead atoms. The van der Waals surface area contributed by atoms with Crippen molar-refractivity contribution in [3.05, 3.63) is 64.7 Å². The second-order valence-electron chi connectivity index (χ2n) is 5.19. The number of benzene rings is 1. The first-order chi connectivity index (χ1) is 12.8. The Morgan fingerprint density at radius 3 is 2.56 bits per heavy atom. The number of H-pyrrole nitrogens is 1. The number of hydrogen-bond acceptors (Lipinski definition) is 4. The number of aromatic nitrogens is 4. The van der Waals surface area contributed by atoms with Crippen LogP contribution >= 0.6 is 11.6 Å². The number of para-hydroxylation sites is 1. The summed E-state index contributed by atoms with van der Waals surface area (Å²) in [6.45, 7) is 0. The van der Waals surface area contributed by atoms with Crippen LogP contribution in [0, 0.1) is 0 Å². The standard InChI is InChI=1S/C12H10ClF2N3O.C4H5N3O/c1-18-6-7(10(17-18)11(14)15)12(19)16-9-5-3-2-4-8(9)13;5-4(8)3-1-6-7-2-3/h2-6,11H,1H3,(H,16,19);1-2H,(H2,5,8)(H,6,7). The Balaban J connectivity index is 0.000000273. The predicted molar refractivity (Wildman–Crippen MR) is 94.7 cm³/mol. The highest BCUT2D eigenvalue weighted by atomic mass is 35.5. The molecule has 0 aliphatic rings. The van der Waals surface area contributed by atoms with Crippen LogP contribution in [-0.4, -0.2) is 31.8 Å². The van der Waals surface area contributed by atoms with Crippen molar-refractivity contribution in [2.24, 2.45) is 12.8 Å². The number of nitrogens with two attached hydrogens (primary N) is 1. The van der Waals surface area contributed by atoms with Crippen LogP contribution in [0.4, 0.5) is 14.5 Å². The number of nitrogens with zero attached hydrogens (tertiary/aromatic N) is 3. The number of anilines is 1. The lowest BCUT2D eigenvalue weighted by Gasteiger charge is -2.06. The van der Waals surface area contributed by atoms with E-state index in [1.54, 1.807) is 24.3 Å². The minimum Gasteiger partial charge on any atom is -0.366 e. The van der Waals surface area contributed by atoms with Gasteiger partial charge in [-0.2, -0.15) is 10.2 Å². The number of amides is 2. The maximum Gasteiger partial charge on any atom is 0.282 e. The van der Waals surface area contributed by atoms with E-state index in [0.717, 1.165) is 0 Å². The highest BCUT2D eigenvalue weighted by Gasteiger charge is 2.22. The van der Waals surface area contributed by atoms with Gasteiger partial charge in [0.25, 0.3) is 18.2 Å². The van der Waals surface area contributed by atoms with Gasteiger partial charge in [-0.3, -0.25) is 19.4 Å². The first-order valence-corrected chi connectivity index (χ1v) is 7.83. The van der Waals surface area contributed by atoms with Gasteiger partial charge in [0, 0.05) is 19.4 Å². The summed E-state index contributed by atoms with van der Waals surface area (Å²) in [4.78, 5) is 22.2. The molecular weight excluding hydrogens is 382 g/mol. The molecule has 2 heterocycles. The molecule has 2 amide bonds. The Labute approximate surface area is 157 Å². The molecule has 27 heavy (non-hydrogen) atoms. The number of aromatic amines is 1. The normalized spacial score (nSPS) is 10.3. The van der Waals surface area contributed by atoms with E-state index in [1.807, 2.05) is 0 Å². The molecule has 142 valence electrons. The Morgan fingerprint density at radius 2 is 2.04 bits per heavy atom. The first kappa shape index (κ1) is 20.0. The van der Waals surface area contributed by atoms with Crippen molar-refractivity contribution in [3.63, 3.8) is 0 Å². The largest absolute Gasteiger partial charge is 0.366 e. The number of nitrogens with one attached hydrogen (secondary N) is 2. The van der Waals surface area contributed by atoms with Gasteiger partial charge >= 0.3 is 0 Å². The van der Waals surface area contributed by atoms with Crippen molar-refractivity contribution < 1.29 is 18.4 Å². The van der Waals surface area contributed by atoms with Crippen molar-refractivity contribution in [3.8, 4) is 0 Å². The van der Waals surface area contributed by atoms with Crippen LogP contribution in [0.25, 0.3) is 0 Å². The summed E-state index contributed by atoms with van der Waals surface area (Å²) < 4.78 is 26.6. The highest BCUT2D eigenvalue weighted by molar-refractivity contribution is 6.33. The summed E-state index contributed by atoms with van der Waals surface area (Å²) >= 11 is 5.88. The van der Waals surface area contributed by atoms with Gasteiger partial charge < -0.3 is 11.1 Å². The lowest BCUT2D eigenvalue weighted by atomic mass is 10.2. The van der Waals surface area contributed by atoms with Gasteiger partial charge in [0.05, 0.1) is 28.0 Å². The molecule has 0 aliphatic heterocycles. The summed E-state index contributed by atoms with van der Waals surface area (Å²) in [6.07, 6.45) is 1.26. The number of carbonyl (C=O) groups is 2.